The van der Waals surface area contributed by atoms with Crippen molar-refractivity contribution in [1.29, 1.82) is 0 Å². The number of halogens is 4. The molecule has 2 aromatic rings. The molecular formula is C9H4F4N2O3S. The molecule has 0 aliphatic heterocycles. The van der Waals surface area contributed by atoms with E-state index in [2.05, 4.69) is 14.2 Å². The molecule has 102 valence electrons. The van der Waals surface area contributed by atoms with Crippen LogP contribution < -0.4 is 4.18 Å². The Morgan fingerprint density at radius 2 is 1.89 bits per heavy atom. The van der Waals surface area contributed by atoms with Crippen molar-refractivity contribution in [2.45, 2.75) is 5.51 Å². The molecule has 0 N–H and O–H groups in total. The van der Waals surface area contributed by atoms with Crippen molar-refractivity contribution in [2.75, 3.05) is 0 Å². The molecule has 5 nitrogen and oxygen atoms in total. The molecule has 1 aromatic heterocycles. The third kappa shape index (κ3) is 2.72. The Hall–Kier alpha value is -1.97. The van der Waals surface area contributed by atoms with Crippen LogP contribution in [0.1, 0.15) is 0 Å². The van der Waals surface area contributed by atoms with Gasteiger partial charge in [0.05, 0.1) is 5.52 Å². The number of fused-ring (bicyclic) bond motifs is 1. The summed E-state index contributed by atoms with van der Waals surface area (Å²) in [7, 11) is -5.83. The molecule has 0 aliphatic rings. The zero-order valence-electron chi connectivity index (χ0n) is 8.85. The van der Waals surface area contributed by atoms with E-state index in [1.807, 2.05) is 0 Å². The second-order valence-electron chi connectivity index (χ2n) is 3.34. The van der Waals surface area contributed by atoms with Crippen molar-refractivity contribution in [1.82, 2.24) is 9.97 Å². The SMILES string of the molecule is O=S(=O)(Oc1ncc2cc(F)ccc2n1)C(F)(F)F. The number of nitrogens with zero attached hydrogens (tertiary/aromatic N) is 2. The van der Waals surface area contributed by atoms with Crippen LogP contribution >= 0.6 is 0 Å². The first kappa shape index (κ1) is 13.5. The van der Waals surface area contributed by atoms with E-state index in [9.17, 15) is 26.0 Å². The van der Waals surface area contributed by atoms with Gasteiger partial charge in [-0.2, -0.15) is 26.6 Å². The van der Waals surface area contributed by atoms with E-state index in [1.165, 1.54) is 0 Å². The Balaban J connectivity index is 2.40. The molecule has 10 heteroatoms. The summed E-state index contributed by atoms with van der Waals surface area (Å²) < 4.78 is 74.2. The molecule has 19 heavy (non-hydrogen) atoms. The first-order valence-corrected chi connectivity index (χ1v) is 6.03. The van der Waals surface area contributed by atoms with Crippen LogP contribution in [-0.2, 0) is 10.1 Å². The van der Waals surface area contributed by atoms with Gasteiger partial charge in [-0.15, -0.1) is 0 Å². The minimum absolute atomic E-state index is 0.0452. The maximum absolute atomic E-state index is 12.8. The zero-order chi connectivity index (χ0) is 14.3. The largest absolute Gasteiger partial charge is 0.534 e. The summed E-state index contributed by atoms with van der Waals surface area (Å²) in [6.45, 7) is 0. The van der Waals surface area contributed by atoms with E-state index in [4.69, 9.17) is 0 Å². The Labute approximate surface area is 104 Å². The Kier molecular flexibility index (Phi) is 3.04. The zero-order valence-corrected chi connectivity index (χ0v) is 9.67. The third-order valence-electron chi connectivity index (χ3n) is 1.99. The van der Waals surface area contributed by atoms with Gasteiger partial charge >= 0.3 is 21.6 Å². The Bertz CT molecular complexity index is 730. The molecule has 1 aromatic carbocycles. The highest BCUT2D eigenvalue weighted by molar-refractivity contribution is 7.87. The topological polar surface area (TPSA) is 69.2 Å². The first-order valence-electron chi connectivity index (χ1n) is 4.62. The molecule has 0 amide bonds. The summed E-state index contributed by atoms with van der Waals surface area (Å²) in [4.78, 5) is 6.70. The molecule has 2 rings (SSSR count). The molecule has 0 unspecified atom stereocenters. The van der Waals surface area contributed by atoms with Gasteiger partial charge in [-0.3, -0.25) is 0 Å². The fraction of sp³-hybridized carbons (Fsp3) is 0.111. The third-order valence-corrected chi connectivity index (χ3v) is 2.92. The molecule has 0 fully saturated rings. The van der Waals surface area contributed by atoms with E-state index in [1.54, 1.807) is 0 Å². The molecular weight excluding hydrogens is 292 g/mol. The minimum Gasteiger partial charge on any atom is -0.337 e. The predicted octanol–water partition coefficient (Wildman–Crippen LogP) is 2.00. The standard InChI is InChI=1S/C9H4F4N2O3S/c10-6-1-2-7-5(3-6)4-14-8(15-7)18-19(16,17)9(11,12)13/h1-4H. The number of hydrogen-bond acceptors (Lipinski definition) is 5. The van der Waals surface area contributed by atoms with Crippen LogP contribution in [0.3, 0.4) is 0 Å². The van der Waals surface area contributed by atoms with Crippen LogP contribution in [0.5, 0.6) is 6.01 Å². The number of hydrogen-bond donors (Lipinski definition) is 0. The van der Waals surface area contributed by atoms with Gasteiger partial charge in [-0.1, -0.05) is 0 Å². The maximum atomic E-state index is 12.8. The van der Waals surface area contributed by atoms with E-state index in [0.29, 0.717) is 0 Å². The fourth-order valence-electron chi connectivity index (χ4n) is 1.17. The second-order valence-corrected chi connectivity index (χ2v) is 4.88. The molecule has 0 atom stereocenters. The normalized spacial score (nSPS) is 12.6. The number of aromatic nitrogens is 2. The van der Waals surface area contributed by atoms with Crippen LogP contribution in [0, 0.1) is 5.82 Å². The van der Waals surface area contributed by atoms with Gasteiger partial charge in [0.2, 0.25) is 0 Å². The van der Waals surface area contributed by atoms with E-state index in [-0.39, 0.29) is 10.9 Å². The quantitative estimate of drug-likeness (QED) is 0.481. The minimum atomic E-state index is -5.83. The van der Waals surface area contributed by atoms with Crippen molar-refractivity contribution in [3.05, 3.63) is 30.2 Å². The summed E-state index contributed by atoms with van der Waals surface area (Å²) in [6.07, 6.45) is 0.951. The average Bonchev–Trinajstić information content (AvgIpc) is 2.27. The lowest BCUT2D eigenvalue weighted by molar-refractivity contribution is -0.0502. The van der Waals surface area contributed by atoms with E-state index >= 15 is 0 Å². The van der Waals surface area contributed by atoms with Crippen LogP contribution in [0.25, 0.3) is 10.9 Å². The molecule has 1 heterocycles. The predicted molar refractivity (Wildman–Crippen MR) is 55.1 cm³/mol. The molecule has 0 bridgehead atoms. The van der Waals surface area contributed by atoms with Crippen molar-refractivity contribution >= 4 is 21.0 Å². The van der Waals surface area contributed by atoms with Crippen LogP contribution in [0.15, 0.2) is 24.4 Å². The number of rotatable bonds is 2. The van der Waals surface area contributed by atoms with Gasteiger partial charge < -0.3 is 4.18 Å². The molecule has 0 radical (unpaired) electrons. The summed E-state index contributed by atoms with van der Waals surface area (Å²) in [5, 5.41) is 0.191. The molecule has 0 spiro atoms. The molecule has 0 saturated heterocycles. The average molecular weight is 296 g/mol. The first-order chi connectivity index (χ1) is 8.69. The van der Waals surface area contributed by atoms with Gasteiger partial charge in [0.25, 0.3) is 0 Å². The van der Waals surface area contributed by atoms with Crippen LogP contribution in [0.2, 0.25) is 0 Å². The van der Waals surface area contributed by atoms with Crippen molar-refractivity contribution in [2.24, 2.45) is 0 Å². The highest BCUT2D eigenvalue weighted by Crippen LogP contribution is 2.26. The number of benzene rings is 1. The van der Waals surface area contributed by atoms with Crippen LogP contribution in [-0.4, -0.2) is 23.9 Å². The lowest BCUT2D eigenvalue weighted by Gasteiger charge is -2.07. The van der Waals surface area contributed by atoms with Crippen molar-refractivity contribution in [3.8, 4) is 6.01 Å². The fourth-order valence-corrected chi connectivity index (χ4v) is 1.54. The van der Waals surface area contributed by atoms with Gasteiger partial charge in [0.15, 0.2) is 0 Å². The lowest BCUT2D eigenvalue weighted by atomic mass is 10.2. The summed E-state index contributed by atoms with van der Waals surface area (Å²) >= 11 is 0. The van der Waals surface area contributed by atoms with E-state index < -0.39 is 27.5 Å². The summed E-state index contributed by atoms with van der Waals surface area (Å²) in [5.74, 6) is -0.590. The highest BCUT2D eigenvalue weighted by Gasteiger charge is 2.49. The van der Waals surface area contributed by atoms with Gasteiger partial charge in [0, 0.05) is 11.6 Å². The molecule has 0 saturated carbocycles. The van der Waals surface area contributed by atoms with E-state index in [0.717, 1.165) is 24.4 Å². The van der Waals surface area contributed by atoms with Crippen molar-refractivity contribution < 1.29 is 30.2 Å². The summed E-state index contributed by atoms with van der Waals surface area (Å²) in [6, 6.07) is 2.21. The summed E-state index contributed by atoms with van der Waals surface area (Å²) in [5.41, 5.74) is -5.53. The van der Waals surface area contributed by atoms with Gasteiger partial charge in [-0.25, -0.2) is 9.37 Å². The monoisotopic (exact) mass is 296 g/mol. The Morgan fingerprint density at radius 3 is 2.53 bits per heavy atom. The van der Waals surface area contributed by atoms with Gasteiger partial charge in [0.1, 0.15) is 5.82 Å². The molecule has 0 aliphatic carbocycles. The smallest absolute Gasteiger partial charge is 0.337 e. The maximum Gasteiger partial charge on any atom is 0.534 e. The van der Waals surface area contributed by atoms with Crippen LogP contribution in [0.4, 0.5) is 17.6 Å². The highest BCUT2D eigenvalue weighted by atomic mass is 32.2. The second kappa shape index (κ2) is 4.30. The van der Waals surface area contributed by atoms with Crippen molar-refractivity contribution in [3.63, 3.8) is 0 Å². The lowest BCUT2D eigenvalue weighted by Crippen LogP contribution is -2.28. The number of alkyl halides is 3. The Morgan fingerprint density at radius 1 is 1.21 bits per heavy atom. The van der Waals surface area contributed by atoms with Gasteiger partial charge in [-0.05, 0) is 18.2 Å².